The van der Waals surface area contributed by atoms with E-state index in [0.29, 0.717) is 12.4 Å². The van der Waals surface area contributed by atoms with Crippen LogP contribution in [-0.2, 0) is 11.3 Å². The topological polar surface area (TPSA) is 44.8 Å². The quantitative estimate of drug-likeness (QED) is 0.764. The normalized spacial score (nSPS) is 16.5. The molecule has 0 aromatic heterocycles. The number of amides is 1. The second-order valence-corrected chi connectivity index (χ2v) is 7.47. The van der Waals surface area contributed by atoms with Gasteiger partial charge in [0.2, 0.25) is 5.91 Å². The first-order chi connectivity index (χ1) is 13.6. The summed E-state index contributed by atoms with van der Waals surface area (Å²) in [5, 5.41) is 3.79. The molecule has 3 rings (SSSR count). The van der Waals surface area contributed by atoms with Crippen LogP contribution in [0.25, 0.3) is 0 Å². The summed E-state index contributed by atoms with van der Waals surface area (Å²) in [7, 11) is 0. The third kappa shape index (κ3) is 5.47. The number of benzene rings is 2. The molecule has 6 heteroatoms. The summed E-state index contributed by atoms with van der Waals surface area (Å²) < 4.78 is 5.60. The molecule has 5 nitrogen and oxygen atoms in total. The van der Waals surface area contributed by atoms with Crippen LogP contribution in [0.3, 0.4) is 0 Å². The van der Waals surface area contributed by atoms with Gasteiger partial charge in [0.1, 0.15) is 5.75 Å². The van der Waals surface area contributed by atoms with Crippen molar-refractivity contribution >= 4 is 23.2 Å². The third-order valence-electron chi connectivity index (χ3n) is 5.07. The predicted octanol–water partition coefficient (Wildman–Crippen LogP) is 3.88. The standard InChI is InChI=1S/C22H28ClN3O2/c1-3-28-21-10-5-4-9-20(21)24-22(27)17(2)26-13-11-25(12-14-26)16-18-7-6-8-19(23)15-18/h4-10,15,17H,3,11-14,16H2,1-2H3,(H,24,27). The minimum atomic E-state index is -0.192. The number of carbonyl (C=O) groups is 1. The van der Waals surface area contributed by atoms with Crippen LogP contribution < -0.4 is 10.1 Å². The molecular formula is C22H28ClN3O2. The largest absolute Gasteiger partial charge is 0.492 e. The molecule has 2 aromatic carbocycles. The maximum Gasteiger partial charge on any atom is 0.241 e. The first-order valence-corrected chi connectivity index (χ1v) is 10.2. The van der Waals surface area contributed by atoms with Gasteiger partial charge in [-0.25, -0.2) is 0 Å². The van der Waals surface area contributed by atoms with Gasteiger partial charge in [0.25, 0.3) is 0 Å². The number of nitrogens with one attached hydrogen (secondary N) is 1. The van der Waals surface area contributed by atoms with Gasteiger partial charge >= 0.3 is 0 Å². The van der Waals surface area contributed by atoms with Gasteiger partial charge in [0.15, 0.2) is 0 Å². The molecule has 1 atom stereocenters. The summed E-state index contributed by atoms with van der Waals surface area (Å²) in [5.41, 5.74) is 1.94. The lowest BCUT2D eigenvalue weighted by atomic mass is 10.1. The van der Waals surface area contributed by atoms with E-state index in [1.54, 1.807) is 0 Å². The molecule has 1 fully saturated rings. The highest BCUT2D eigenvalue weighted by Crippen LogP contribution is 2.24. The molecule has 1 N–H and O–H groups in total. The van der Waals surface area contributed by atoms with Crippen LogP contribution in [0.4, 0.5) is 5.69 Å². The van der Waals surface area contributed by atoms with Crippen molar-refractivity contribution < 1.29 is 9.53 Å². The third-order valence-corrected chi connectivity index (χ3v) is 5.31. The molecule has 1 heterocycles. The lowest BCUT2D eigenvalue weighted by Gasteiger charge is -2.37. The fraction of sp³-hybridized carbons (Fsp3) is 0.409. The Kier molecular flexibility index (Phi) is 7.31. The Morgan fingerprint density at radius 2 is 1.89 bits per heavy atom. The fourth-order valence-corrected chi connectivity index (χ4v) is 3.67. The highest BCUT2D eigenvalue weighted by Gasteiger charge is 2.26. The highest BCUT2D eigenvalue weighted by atomic mass is 35.5. The van der Waals surface area contributed by atoms with Crippen LogP contribution >= 0.6 is 11.6 Å². The molecule has 0 radical (unpaired) electrons. The first-order valence-electron chi connectivity index (χ1n) is 9.80. The lowest BCUT2D eigenvalue weighted by molar-refractivity contribution is -0.121. The Bertz CT molecular complexity index is 791. The van der Waals surface area contributed by atoms with Gasteiger partial charge in [-0.2, -0.15) is 0 Å². The van der Waals surface area contributed by atoms with Gasteiger partial charge in [-0.3, -0.25) is 14.6 Å². The Morgan fingerprint density at radius 1 is 1.14 bits per heavy atom. The SMILES string of the molecule is CCOc1ccccc1NC(=O)C(C)N1CCN(Cc2cccc(Cl)c2)CC1. The Balaban J connectivity index is 1.52. The number of hydrogen-bond acceptors (Lipinski definition) is 4. The predicted molar refractivity (Wildman–Crippen MR) is 114 cm³/mol. The molecule has 1 aliphatic rings. The molecular weight excluding hydrogens is 374 g/mol. The fourth-order valence-electron chi connectivity index (χ4n) is 3.46. The summed E-state index contributed by atoms with van der Waals surface area (Å²) in [6.45, 7) is 8.94. The van der Waals surface area contributed by atoms with E-state index in [0.717, 1.165) is 43.4 Å². The van der Waals surface area contributed by atoms with Crippen LogP contribution in [0.1, 0.15) is 19.4 Å². The van der Waals surface area contributed by atoms with Crippen molar-refractivity contribution in [2.24, 2.45) is 0 Å². The van der Waals surface area contributed by atoms with E-state index in [4.69, 9.17) is 16.3 Å². The number of carbonyl (C=O) groups excluding carboxylic acids is 1. The molecule has 1 amide bonds. The number of hydrogen-bond donors (Lipinski definition) is 1. The van der Waals surface area contributed by atoms with Crippen molar-refractivity contribution in [3.63, 3.8) is 0 Å². The maximum atomic E-state index is 12.7. The van der Waals surface area contributed by atoms with Gasteiger partial charge in [-0.05, 0) is 43.7 Å². The van der Waals surface area contributed by atoms with Crippen molar-refractivity contribution in [1.29, 1.82) is 0 Å². The molecule has 2 aromatic rings. The monoisotopic (exact) mass is 401 g/mol. The molecule has 0 aliphatic carbocycles. The van der Waals surface area contributed by atoms with Gasteiger partial charge in [-0.15, -0.1) is 0 Å². The van der Waals surface area contributed by atoms with E-state index < -0.39 is 0 Å². The average Bonchev–Trinajstić information content (AvgIpc) is 2.70. The second-order valence-electron chi connectivity index (χ2n) is 7.04. The van der Waals surface area contributed by atoms with Gasteiger partial charge in [-0.1, -0.05) is 35.9 Å². The number of halogens is 1. The van der Waals surface area contributed by atoms with E-state index in [9.17, 15) is 4.79 Å². The van der Waals surface area contributed by atoms with E-state index >= 15 is 0 Å². The van der Waals surface area contributed by atoms with Gasteiger partial charge < -0.3 is 10.1 Å². The minimum Gasteiger partial charge on any atom is -0.492 e. The molecule has 1 saturated heterocycles. The lowest BCUT2D eigenvalue weighted by Crippen LogP contribution is -2.52. The molecule has 1 aliphatic heterocycles. The van der Waals surface area contributed by atoms with Crippen LogP contribution in [-0.4, -0.2) is 54.5 Å². The summed E-state index contributed by atoms with van der Waals surface area (Å²) in [4.78, 5) is 17.4. The van der Waals surface area contributed by atoms with Crippen molar-refractivity contribution in [3.05, 3.63) is 59.1 Å². The summed E-state index contributed by atoms with van der Waals surface area (Å²) in [6.07, 6.45) is 0. The average molecular weight is 402 g/mol. The molecule has 150 valence electrons. The zero-order valence-electron chi connectivity index (χ0n) is 16.5. The van der Waals surface area contributed by atoms with Crippen molar-refractivity contribution in [2.45, 2.75) is 26.4 Å². The number of anilines is 1. The van der Waals surface area contributed by atoms with E-state index in [-0.39, 0.29) is 11.9 Å². The zero-order valence-corrected chi connectivity index (χ0v) is 17.3. The maximum absolute atomic E-state index is 12.7. The number of rotatable bonds is 7. The van der Waals surface area contributed by atoms with Crippen molar-refractivity contribution in [1.82, 2.24) is 9.80 Å². The molecule has 0 spiro atoms. The van der Waals surface area contributed by atoms with Crippen molar-refractivity contribution in [3.8, 4) is 5.75 Å². The molecule has 28 heavy (non-hydrogen) atoms. The Labute approximate surface area is 172 Å². The summed E-state index contributed by atoms with van der Waals surface area (Å²) in [6, 6.07) is 15.4. The minimum absolute atomic E-state index is 0.00422. The van der Waals surface area contributed by atoms with Gasteiger partial charge in [0, 0.05) is 37.7 Å². The number of para-hydroxylation sites is 2. The zero-order chi connectivity index (χ0) is 19.9. The molecule has 0 saturated carbocycles. The van der Waals surface area contributed by atoms with E-state index in [1.165, 1.54) is 5.56 Å². The van der Waals surface area contributed by atoms with Crippen LogP contribution in [0, 0.1) is 0 Å². The number of ether oxygens (including phenoxy) is 1. The number of piperazine rings is 1. The molecule has 1 unspecified atom stereocenters. The molecule has 0 bridgehead atoms. The van der Waals surface area contributed by atoms with E-state index in [1.807, 2.05) is 56.3 Å². The van der Waals surface area contributed by atoms with Gasteiger partial charge in [0.05, 0.1) is 18.3 Å². The van der Waals surface area contributed by atoms with Crippen molar-refractivity contribution in [2.75, 3.05) is 38.1 Å². The number of nitrogens with zero attached hydrogens (tertiary/aromatic N) is 2. The Hall–Kier alpha value is -2.08. The first kappa shape index (κ1) is 20.6. The summed E-state index contributed by atoms with van der Waals surface area (Å²) >= 11 is 6.08. The smallest absolute Gasteiger partial charge is 0.241 e. The second kappa shape index (κ2) is 9.92. The summed E-state index contributed by atoms with van der Waals surface area (Å²) in [5.74, 6) is 0.701. The van der Waals surface area contributed by atoms with E-state index in [2.05, 4.69) is 21.2 Å². The van der Waals surface area contributed by atoms with Crippen LogP contribution in [0.15, 0.2) is 48.5 Å². The highest BCUT2D eigenvalue weighted by molar-refractivity contribution is 6.30. The Morgan fingerprint density at radius 3 is 2.61 bits per heavy atom. The van der Waals surface area contributed by atoms with Crippen LogP contribution in [0.2, 0.25) is 5.02 Å². The van der Waals surface area contributed by atoms with Crippen LogP contribution in [0.5, 0.6) is 5.75 Å².